The van der Waals surface area contributed by atoms with Crippen LogP contribution in [0.25, 0.3) is 6.08 Å². The Labute approximate surface area is 166 Å². The van der Waals surface area contributed by atoms with Crippen molar-refractivity contribution in [2.45, 2.75) is 58.0 Å². The van der Waals surface area contributed by atoms with Gasteiger partial charge in [-0.2, -0.15) is 5.10 Å². The summed E-state index contributed by atoms with van der Waals surface area (Å²) in [5.74, 6) is 2.08. The molecule has 3 aliphatic rings. The van der Waals surface area contributed by atoms with Gasteiger partial charge in [0.2, 0.25) is 0 Å². The molecule has 2 N–H and O–H groups in total. The Bertz CT molecular complexity index is 960. The van der Waals surface area contributed by atoms with Crippen LogP contribution < -0.4 is 0 Å². The van der Waals surface area contributed by atoms with Gasteiger partial charge in [-0.15, -0.1) is 0 Å². The molecule has 0 aliphatic heterocycles. The van der Waals surface area contributed by atoms with Gasteiger partial charge in [-0.1, -0.05) is 13.0 Å². The molecule has 28 heavy (non-hydrogen) atoms. The van der Waals surface area contributed by atoms with Gasteiger partial charge < -0.3 is 10.2 Å². The zero-order chi connectivity index (χ0) is 19.6. The van der Waals surface area contributed by atoms with E-state index in [1.807, 2.05) is 37.0 Å². The molecule has 0 saturated heterocycles. The normalized spacial score (nSPS) is 35.5. The maximum absolute atomic E-state index is 11.3. The Morgan fingerprint density at radius 2 is 2.11 bits per heavy atom. The Morgan fingerprint density at radius 3 is 2.86 bits per heavy atom. The first-order valence-corrected chi connectivity index (χ1v) is 10.6. The number of hydrogen-bond acceptors (Lipinski definition) is 3. The van der Waals surface area contributed by atoms with Crippen molar-refractivity contribution in [3.8, 4) is 5.75 Å². The number of aryl methyl sites for hydroxylation is 3. The van der Waals surface area contributed by atoms with Gasteiger partial charge in [0.25, 0.3) is 0 Å². The molecule has 4 nitrogen and oxygen atoms in total. The second-order valence-corrected chi connectivity index (χ2v) is 9.51. The molecule has 1 aromatic heterocycles. The van der Waals surface area contributed by atoms with Gasteiger partial charge >= 0.3 is 0 Å². The van der Waals surface area contributed by atoms with Crippen molar-refractivity contribution in [1.29, 1.82) is 0 Å². The molecule has 2 saturated carbocycles. The monoisotopic (exact) mass is 378 g/mol. The van der Waals surface area contributed by atoms with Crippen LogP contribution >= 0.6 is 0 Å². The summed E-state index contributed by atoms with van der Waals surface area (Å²) in [4.78, 5) is 0. The van der Waals surface area contributed by atoms with Gasteiger partial charge in [0.15, 0.2) is 0 Å². The van der Waals surface area contributed by atoms with Crippen LogP contribution in [-0.2, 0) is 13.5 Å². The van der Waals surface area contributed by atoms with Gasteiger partial charge in [-0.25, -0.2) is 0 Å². The van der Waals surface area contributed by atoms with Crippen molar-refractivity contribution in [1.82, 2.24) is 9.78 Å². The number of aromatic nitrogens is 2. The highest BCUT2D eigenvalue weighted by atomic mass is 16.3. The quantitative estimate of drug-likeness (QED) is 0.776. The molecular weight excluding hydrogens is 348 g/mol. The van der Waals surface area contributed by atoms with Crippen molar-refractivity contribution in [2.24, 2.45) is 24.3 Å². The van der Waals surface area contributed by atoms with E-state index in [9.17, 15) is 10.2 Å². The number of nitrogens with zero attached hydrogens (tertiary/aromatic N) is 2. The van der Waals surface area contributed by atoms with Gasteiger partial charge in [-0.3, -0.25) is 4.68 Å². The van der Waals surface area contributed by atoms with Crippen LogP contribution in [0.1, 0.15) is 60.9 Å². The van der Waals surface area contributed by atoms with Crippen molar-refractivity contribution < 1.29 is 10.2 Å². The fourth-order valence-corrected chi connectivity index (χ4v) is 6.53. The number of fused-ring (bicyclic) bond motifs is 5. The highest BCUT2D eigenvalue weighted by Gasteiger charge is 2.56. The zero-order valence-electron chi connectivity index (χ0n) is 17.0. The van der Waals surface area contributed by atoms with E-state index in [1.54, 1.807) is 0 Å². The lowest BCUT2D eigenvalue weighted by Gasteiger charge is -2.49. The second kappa shape index (κ2) is 6.21. The zero-order valence-corrected chi connectivity index (χ0v) is 17.0. The first-order chi connectivity index (χ1) is 13.4. The predicted octanol–water partition coefficient (Wildman–Crippen LogP) is 4.34. The van der Waals surface area contributed by atoms with E-state index in [2.05, 4.69) is 24.2 Å². The molecule has 4 heteroatoms. The average molecular weight is 379 g/mol. The number of rotatable bonds is 1. The third-order valence-corrected chi connectivity index (χ3v) is 7.97. The highest BCUT2D eigenvalue weighted by Crippen LogP contribution is 2.62. The maximum Gasteiger partial charge on any atom is 0.115 e. The third kappa shape index (κ3) is 2.57. The van der Waals surface area contributed by atoms with E-state index in [4.69, 9.17) is 0 Å². The van der Waals surface area contributed by atoms with Crippen LogP contribution in [0, 0.1) is 24.2 Å². The van der Waals surface area contributed by atoms with Gasteiger partial charge in [0.05, 0.1) is 11.8 Å². The molecule has 0 bridgehead atoms. The molecule has 2 fully saturated rings. The van der Waals surface area contributed by atoms with Crippen LogP contribution in [0.5, 0.6) is 5.75 Å². The highest BCUT2D eigenvalue weighted by molar-refractivity contribution is 5.57. The lowest BCUT2D eigenvalue weighted by Crippen LogP contribution is -2.44. The number of aliphatic hydroxyl groups excluding tert-OH is 1. The number of hydrogen-bond donors (Lipinski definition) is 2. The minimum Gasteiger partial charge on any atom is -0.508 e. The van der Waals surface area contributed by atoms with Crippen molar-refractivity contribution in [3.05, 3.63) is 52.4 Å². The molecule has 1 heterocycles. The summed E-state index contributed by atoms with van der Waals surface area (Å²) in [6, 6.07) is 5.94. The number of aliphatic hydroxyl groups is 1. The average Bonchev–Trinajstić information content (AvgIpc) is 3.11. The minimum absolute atomic E-state index is 0.0302. The van der Waals surface area contributed by atoms with Crippen molar-refractivity contribution >= 4 is 6.08 Å². The fraction of sp³-hybridized carbons (Fsp3) is 0.542. The van der Waals surface area contributed by atoms with Crippen LogP contribution in [0.15, 0.2) is 30.0 Å². The third-order valence-electron chi connectivity index (χ3n) is 7.97. The van der Waals surface area contributed by atoms with Crippen molar-refractivity contribution in [3.63, 3.8) is 0 Å². The SMILES string of the molecule is Cc1nn(C)cc1/C=C1\C[C@@H]2[C@H]3CCc4cc(O)ccc4[C@@H]3CC[C@]2(C)[C@@H]1O. The summed E-state index contributed by atoms with van der Waals surface area (Å²) in [6.07, 6.45) is 9.25. The van der Waals surface area contributed by atoms with Crippen LogP contribution in [0.4, 0.5) is 0 Å². The second-order valence-electron chi connectivity index (χ2n) is 9.51. The molecule has 0 amide bonds. The molecule has 1 aromatic carbocycles. The Morgan fingerprint density at radius 1 is 1.29 bits per heavy atom. The molecule has 3 aliphatic carbocycles. The Hall–Kier alpha value is -2.07. The van der Waals surface area contributed by atoms with Crippen LogP contribution in [0.3, 0.4) is 0 Å². The van der Waals surface area contributed by atoms with E-state index in [1.165, 1.54) is 16.7 Å². The summed E-state index contributed by atoms with van der Waals surface area (Å²) in [7, 11) is 1.95. The van der Waals surface area contributed by atoms with Crippen molar-refractivity contribution in [2.75, 3.05) is 0 Å². The van der Waals surface area contributed by atoms with E-state index in [0.29, 0.717) is 23.5 Å². The lowest BCUT2D eigenvalue weighted by molar-refractivity contribution is -0.0158. The topological polar surface area (TPSA) is 58.3 Å². The van der Waals surface area contributed by atoms with E-state index < -0.39 is 0 Å². The molecule has 0 radical (unpaired) electrons. The Balaban J connectivity index is 1.49. The standard InChI is InChI=1S/C24H30N2O2/c1-14-17(13-26(3)25-14)10-16-12-22-21-6-4-15-11-18(27)5-7-19(15)20(21)8-9-24(22,2)23(16)28/h5,7,10-11,13,20-23,27-28H,4,6,8-9,12H2,1-3H3/b16-10+/t20-,21-,22+,23+,24-/m0/s1. The largest absolute Gasteiger partial charge is 0.508 e. The maximum atomic E-state index is 11.3. The van der Waals surface area contributed by atoms with E-state index in [0.717, 1.165) is 43.4 Å². The molecule has 5 rings (SSSR count). The number of aromatic hydroxyl groups is 1. The Kier molecular flexibility index (Phi) is 3.99. The van der Waals surface area contributed by atoms with Gasteiger partial charge in [-0.05, 0) is 91.7 Å². The van der Waals surface area contributed by atoms with Gasteiger partial charge in [0, 0.05) is 24.2 Å². The minimum atomic E-state index is -0.362. The van der Waals surface area contributed by atoms with E-state index >= 15 is 0 Å². The van der Waals surface area contributed by atoms with Crippen LogP contribution in [0.2, 0.25) is 0 Å². The summed E-state index contributed by atoms with van der Waals surface area (Å²) in [5, 5.41) is 25.6. The fourth-order valence-electron chi connectivity index (χ4n) is 6.53. The molecule has 0 spiro atoms. The van der Waals surface area contributed by atoms with E-state index in [-0.39, 0.29) is 11.5 Å². The summed E-state index contributed by atoms with van der Waals surface area (Å²) >= 11 is 0. The molecule has 2 aromatic rings. The smallest absolute Gasteiger partial charge is 0.115 e. The molecular formula is C24H30N2O2. The molecule has 5 atom stereocenters. The first kappa shape index (κ1) is 18.0. The number of benzene rings is 1. The molecule has 148 valence electrons. The predicted molar refractivity (Wildman–Crippen MR) is 110 cm³/mol. The summed E-state index contributed by atoms with van der Waals surface area (Å²) in [6.45, 7) is 4.34. The number of phenols is 1. The number of phenolic OH excluding ortho intramolecular Hbond substituents is 1. The molecule has 0 unspecified atom stereocenters. The van der Waals surface area contributed by atoms with Gasteiger partial charge in [0.1, 0.15) is 5.75 Å². The lowest BCUT2D eigenvalue weighted by atomic mass is 9.55. The summed E-state index contributed by atoms with van der Waals surface area (Å²) < 4.78 is 1.85. The van der Waals surface area contributed by atoms with Crippen LogP contribution in [-0.4, -0.2) is 26.1 Å². The summed E-state index contributed by atoms with van der Waals surface area (Å²) in [5.41, 5.74) is 6.06. The first-order valence-electron chi connectivity index (χ1n) is 10.6.